The number of aromatic nitrogens is 1. The zero-order valence-electron chi connectivity index (χ0n) is 9.65. The molecule has 1 saturated carbocycles. The van der Waals surface area contributed by atoms with E-state index in [0.717, 1.165) is 6.42 Å². The third-order valence-electron chi connectivity index (χ3n) is 3.27. The van der Waals surface area contributed by atoms with Crippen LogP contribution in [0.2, 0.25) is 0 Å². The van der Waals surface area contributed by atoms with Gasteiger partial charge in [0.15, 0.2) is 5.78 Å². The van der Waals surface area contributed by atoms with E-state index in [1.54, 1.807) is 10.8 Å². The monoisotopic (exact) mass is 221 g/mol. The summed E-state index contributed by atoms with van der Waals surface area (Å²) in [4.78, 5) is 22.3. The summed E-state index contributed by atoms with van der Waals surface area (Å²) in [6.45, 7) is 5.64. The zero-order chi connectivity index (χ0) is 12.1. The first-order valence-corrected chi connectivity index (χ1v) is 5.29. The molecule has 1 atom stereocenters. The van der Waals surface area contributed by atoms with Crippen LogP contribution in [0.25, 0.3) is 0 Å². The number of aromatic carboxylic acids is 1. The van der Waals surface area contributed by atoms with Gasteiger partial charge in [-0.2, -0.15) is 0 Å². The molecule has 16 heavy (non-hydrogen) atoms. The summed E-state index contributed by atoms with van der Waals surface area (Å²) >= 11 is 0. The molecule has 4 nitrogen and oxygen atoms in total. The van der Waals surface area contributed by atoms with Crippen LogP contribution in [0.5, 0.6) is 0 Å². The molecule has 2 rings (SSSR count). The fourth-order valence-electron chi connectivity index (χ4n) is 2.02. The fourth-order valence-corrected chi connectivity index (χ4v) is 2.02. The molecule has 1 N–H and O–H groups in total. The maximum atomic E-state index is 11.2. The number of rotatable bonds is 3. The van der Waals surface area contributed by atoms with E-state index >= 15 is 0 Å². The lowest BCUT2D eigenvalue weighted by atomic mass is 10.2. The standard InChI is InChI=1S/C12H15NO3/c1-7(14)8-4-9(11(15)16)13(6-8)10-5-12(10,2)3/h4,6,10H,5H2,1-3H3,(H,15,16). The number of hydrogen-bond donors (Lipinski definition) is 1. The van der Waals surface area contributed by atoms with Gasteiger partial charge < -0.3 is 9.67 Å². The third kappa shape index (κ3) is 1.64. The van der Waals surface area contributed by atoms with Crippen molar-refractivity contribution in [2.75, 3.05) is 0 Å². The van der Waals surface area contributed by atoms with E-state index in [9.17, 15) is 9.59 Å². The molecule has 0 amide bonds. The molecule has 0 saturated heterocycles. The molecule has 4 heteroatoms. The summed E-state index contributed by atoms with van der Waals surface area (Å²) in [6.07, 6.45) is 2.62. The predicted octanol–water partition coefficient (Wildman–Crippen LogP) is 2.36. The van der Waals surface area contributed by atoms with Crippen molar-refractivity contribution in [2.24, 2.45) is 5.41 Å². The lowest BCUT2D eigenvalue weighted by molar-refractivity contribution is 0.0684. The first kappa shape index (κ1) is 10.9. The molecule has 86 valence electrons. The maximum absolute atomic E-state index is 11.2. The Hall–Kier alpha value is -1.58. The van der Waals surface area contributed by atoms with Gasteiger partial charge in [-0.25, -0.2) is 4.79 Å². The Morgan fingerprint density at radius 2 is 2.06 bits per heavy atom. The molecule has 1 aromatic heterocycles. The summed E-state index contributed by atoms with van der Waals surface area (Å²) in [5, 5.41) is 9.08. The smallest absolute Gasteiger partial charge is 0.352 e. The SMILES string of the molecule is CC(=O)c1cc(C(=O)O)n(C2CC2(C)C)c1. The number of hydrogen-bond acceptors (Lipinski definition) is 2. The Kier molecular flexibility index (Phi) is 2.19. The molecule has 1 unspecified atom stereocenters. The van der Waals surface area contributed by atoms with Crippen molar-refractivity contribution in [1.29, 1.82) is 0 Å². The van der Waals surface area contributed by atoms with Crippen LogP contribution in [0.1, 0.15) is 54.1 Å². The number of carbonyl (C=O) groups is 2. The molecule has 0 aliphatic heterocycles. The Morgan fingerprint density at radius 3 is 2.44 bits per heavy atom. The van der Waals surface area contributed by atoms with Crippen molar-refractivity contribution >= 4 is 11.8 Å². The lowest BCUT2D eigenvalue weighted by Crippen LogP contribution is -2.08. The van der Waals surface area contributed by atoms with Gasteiger partial charge in [0.05, 0.1) is 0 Å². The largest absolute Gasteiger partial charge is 0.477 e. The molecule has 0 radical (unpaired) electrons. The summed E-state index contributed by atoms with van der Waals surface area (Å²) in [5.74, 6) is -1.07. The van der Waals surface area contributed by atoms with E-state index in [2.05, 4.69) is 13.8 Å². The number of carboxylic acids is 1. The third-order valence-corrected chi connectivity index (χ3v) is 3.27. The van der Waals surface area contributed by atoms with Crippen LogP contribution < -0.4 is 0 Å². The van der Waals surface area contributed by atoms with Gasteiger partial charge in [-0.05, 0) is 24.8 Å². The Bertz CT molecular complexity index is 471. The Morgan fingerprint density at radius 1 is 1.50 bits per heavy atom. The number of carbonyl (C=O) groups excluding carboxylic acids is 1. The number of nitrogens with zero attached hydrogens (tertiary/aromatic N) is 1. The molecule has 1 fully saturated rings. The highest BCUT2D eigenvalue weighted by molar-refractivity contribution is 5.97. The average molecular weight is 221 g/mol. The minimum atomic E-state index is -0.977. The van der Waals surface area contributed by atoms with Crippen molar-refractivity contribution in [3.05, 3.63) is 23.5 Å². The van der Waals surface area contributed by atoms with E-state index in [1.165, 1.54) is 13.0 Å². The fraction of sp³-hybridized carbons (Fsp3) is 0.500. The molecule has 0 bridgehead atoms. The Balaban J connectivity index is 2.44. The van der Waals surface area contributed by atoms with Gasteiger partial charge in [-0.3, -0.25) is 4.79 Å². The molecule has 1 aliphatic carbocycles. The van der Waals surface area contributed by atoms with Crippen LogP contribution in [0.4, 0.5) is 0 Å². The van der Waals surface area contributed by atoms with Crippen LogP contribution in [-0.2, 0) is 0 Å². The molecule has 1 aliphatic rings. The summed E-state index contributed by atoms with van der Waals surface area (Å²) in [7, 11) is 0. The van der Waals surface area contributed by atoms with Crippen molar-refractivity contribution in [1.82, 2.24) is 4.57 Å². The summed E-state index contributed by atoms with van der Waals surface area (Å²) in [6, 6.07) is 1.66. The number of ketones is 1. The average Bonchev–Trinajstić information content (AvgIpc) is 2.63. The molecular formula is C12H15NO3. The highest BCUT2D eigenvalue weighted by Gasteiger charge is 2.48. The second-order valence-corrected chi connectivity index (χ2v) is 5.09. The van der Waals surface area contributed by atoms with E-state index in [0.29, 0.717) is 5.56 Å². The number of carboxylic acid groups (broad SMARTS) is 1. The van der Waals surface area contributed by atoms with Gasteiger partial charge in [0.25, 0.3) is 0 Å². The Labute approximate surface area is 93.9 Å². The molecule has 0 spiro atoms. The van der Waals surface area contributed by atoms with E-state index in [4.69, 9.17) is 5.11 Å². The topological polar surface area (TPSA) is 59.3 Å². The zero-order valence-corrected chi connectivity index (χ0v) is 9.65. The van der Waals surface area contributed by atoms with Crippen LogP contribution in [0.15, 0.2) is 12.3 Å². The van der Waals surface area contributed by atoms with Crippen LogP contribution in [0, 0.1) is 5.41 Å². The van der Waals surface area contributed by atoms with Crippen molar-refractivity contribution in [2.45, 2.75) is 33.2 Å². The van der Waals surface area contributed by atoms with Gasteiger partial charge >= 0.3 is 5.97 Å². The van der Waals surface area contributed by atoms with E-state index in [1.807, 2.05) is 0 Å². The van der Waals surface area contributed by atoms with Crippen molar-refractivity contribution in [3.63, 3.8) is 0 Å². The van der Waals surface area contributed by atoms with Gasteiger partial charge in [-0.15, -0.1) is 0 Å². The highest BCUT2D eigenvalue weighted by Crippen LogP contribution is 2.56. The predicted molar refractivity (Wildman–Crippen MR) is 58.8 cm³/mol. The molecule has 0 aromatic carbocycles. The van der Waals surface area contributed by atoms with Crippen LogP contribution in [-0.4, -0.2) is 21.4 Å². The maximum Gasteiger partial charge on any atom is 0.352 e. The van der Waals surface area contributed by atoms with Crippen molar-refractivity contribution in [3.8, 4) is 0 Å². The molecule has 1 aromatic rings. The van der Waals surface area contributed by atoms with Crippen molar-refractivity contribution < 1.29 is 14.7 Å². The molecule has 1 heterocycles. The van der Waals surface area contributed by atoms with E-state index in [-0.39, 0.29) is 22.9 Å². The lowest BCUT2D eigenvalue weighted by Gasteiger charge is -2.07. The van der Waals surface area contributed by atoms with Crippen LogP contribution in [0.3, 0.4) is 0 Å². The highest BCUT2D eigenvalue weighted by atomic mass is 16.4. The molecular weight excluding hydrogens is 206 g/mol. The first-order valence-electron chi connectivity index (χ1n) is 5.29. The summed E-state index contributed by atoms with van der Waals surface area (Å²) < 4.78 is 1.72. The summed E-state index contributed by atoms with van der Waals surface area (Å²) in [5.41, 5.74) is 0.818. The normalized spacial score (nSPS) is 21.8. The minimum Gasteiger partial charge on any atom is -0.477 e. The van der Waals surface area contributed by atoms with Gasteiger partial charge in [0.1, 0.15) is 5.69 Å². The quantitative estimate of drug-likeness (QED) is 0.797. The van der Waals surface area contributed by atoms with Gasteiger partial charge in [-0.1, -0.05) is 13.8 Å². The number of Topliss-reactive ketones (excluding diaryl/α,β-unsaturated/α-hetero) is 1. The van der Waals surface area contributed by atoms with E-state index < -0.39 is 5.97 Å². The second-order valence-electron chi connectivity index (χ2n) is 5.09. The van der Waals surface area contributed by atoms with Gasteiger partial charge in [0, 0.05) is 17.8 Å². The minimum absolute atomic E-state index is 0.0975. The first-order chi connectivity index (χ1) is 7.33. The van der Waals surface area contributed by atoms with Gasteiger partial charge in [0.2, 0.25) is 0 Å². The van der Waals surface area contributed by atoms with Crippen LogP contribution >= 0.6 is 0 Å². The second kappa shape index (κ2) is 3.20.